The molecule has 17 heavy (non-hydrogen) atoms. The van der Waals surface area contributed by atoms with Crippen molar-refractivity contribution in [2.24, 2.45) is 5.92 Å². The Kier molecular flexibility index (Phi) is 6.26. The Morgan fingerprint density at radius 1 is 1.06 bits per heavy atom. The molecule has 0 saturated heterocycles. The molecule has 1 heteroatoms. The molecule has 0 aliphatic rings. The Labute approximate surface area is 115 Å². The third kappa shape index (κ3) is 5.25. The molecule has 1 aromatic rings. The molecule has 1 rings (SSSR count). The molecule has 1 aromatic carbocycles. The average molecular weight is 297 g/mol. The summed E-state index contributed by atoms with van der Waals surface area (Å²) in [6, 6.07) is 9.16. The van der Waals surface area contributed by atoms with E-state index in [2.05, 4.69) is 67.9 Å². The molecule has 96 valence electrons. The Balaban J connectivity index is 2.56. The lowest BCUT2D eigenvalue weighted by molar-refractivity contribution is 0.571. The van der Waals surface area contributed by atoms with Gasteiger partial charge in [-0.3, -0.25) is 0 Å². The zero-order valence-corrected chi connectivity index (χ0v) is 13.1. The summed E-state index contributed by atoms with van der Waals surface area (Å²) in [4.78, 5) is 0.608. The number of alkyl halides is 1. The van der Waals surface area contributed by atoms with Gasteiger partial charge in [0.1, 0.15) is 0 Å². The van der Waals surface area contributed by atoms with Gasteiger partial charge in [0.2, 0.25) is 0 Å². The zero-order chi connectivity index (χ0) is 12.8. The fraction of sp³-hybridized carbons (Fsp3) is 0.625. The topological polar surface area (TPSA) is 0 Å². The van der Waals surface area contributed by atoms with E-state index in [0.29, 0.717) is 10.7 Å². The molecule has 0 aromatic heterocycles. The Morgan fingerprint density at radius 2 is 1.65 bits per heavy atom. The van der Waals surface area contributed by atoms with E-state index in [1.807, 2.05) is 0 Å². The second-order valence-electron chi connectivity index (χ2n) is 5.48. The van der Waals surface area contributed by atoms with Crippen LogP contribution in [-0.2, 0) is 6.42 Å². The van der Waals surface area contributed by atoms with Gasteiger partial charge in [-0.2, -0.15) is 0 Å². The van der Waals surface area contributed by atoms with Crippen LogP contribution in [0, 0.1) is 5.92 Å². The van der Waals surface area contributed by atoms with E-state index in [-0.39, 0.29) is 0 Å². The van der Waals surface area contributed by atoms with Crippen LogP contribution < -0.4 is 0 Å². The average Bonchev–Trinajstić information content (AvgIpc) is 2.28. The van der Waals surface area contributed by atoms with Crippen LogP contribution in [0.2, 0.25) is 0 Å². The van der Waals surface area contributed by atoms with E-state index in [9.17, 15) is 0 Å². The minimum Gasteiger partial charge on any atom is -0.0887 e. The van der Waals surface area contributed by atoms with E-state index >= 15 is 0 Å². The van der Waals surface area contributed by atoms with Crippen LogP contribution in [0.1, 0.15) is 57.6 Å². The van der Waals surface area contributed by atoms with Crippen LogP contribution in [0.3, 0.4) is 0 Å². The molecule has 0 radical (unpaired) electrons. The van der Waals surface area contributed by atoms with Crippen molar-refractivity contribution in [3.63, 3.8) is 0 Å². The molecular formula is C16H25Br. The van der Waals surface area contributed by atoms with Crippen LogP contribution in [-0.4, -0.2) is 4.83 Å². The molecule has 0 nitrogen and oxygen atoms in total. The van der Waals surface area contributed by atoms with Crippen LogP contribution in [0.4, 0.5) is 0 Å². The summed E-state index contributed by atoms with van der Waals surface area (Å²) in [7, 11) is 0. The van der Waals surface area contributed by atoms with Crippen LogP contribution in [0.15, 0.2) is 24.3 Å². The molecule has 0 heterocycles. The number of rotatable bonds is 6. The maximum absolute atomic E-state index is 3.78. The first-order valence-electron chi connectivity index (χ1n) is 6.75. The number of hydrogen-bond acceptors (Lipinski definition) is 0. The van der Waals surface area contributed by atoms with Crippen molar-refractivity contribution in [1.29, 1.82) is 0 Å². The molecular weight excluding hydrogens is 272 g/mol. The highest BCUT2D eigenvalue weighted by Gasteiger charge is 2.08. The van der Waals surface area contributed by atoms with Crippen LogP contribution in [0.25, 0.3) is 0 Å². The number of hydrogen-bond donors (Lipinski definition) is 0. The summed E-state index contributed by atoms with van der Waals surface area (Å²) in [5.41, 5.74) is 2.91. The predicted molar refractivity (Wildman–Crippen MR) is 81.0 cm³/mol. The Hall–Kier alpha value is -0.300. The molecule has 2 atom stereocenters. The van der Waals surface area contributed by atoms with Gasteiger partial charge in [0.25, 0.3) is 0 Å². The van der Waals surface area contributed by atoms with Crippen molar-refractivity contribution >= 4 is 15.9 Å². The van der Waals surface area contributed by atoms with Crippen molar-refractivity contribution in [2.75, 3.05) is 0 Å². The van der Waals surface area contributed by atoms with Gasteiger partial charge in [-0.05, 0) is 42.2 Å². The first kappa shape index (κ1) is 14.8. The lowest BCUT2D eigenvalue weighted by Crippen LogP contribution is -2.06. The third-order valence-corrected chi connectivity index (χ3v) is 4.04. The quantitative estimate of drug-likeness (QED) is 0.604. The minimum absolute atomic E-state index is 0.608. The summed E-state index contributed by atoms with van der Waals surface area (Å²) in [6.07, 6.45) is 3.60. The molecule has 0 amide bonds. The maximum Gasteiger partial charge on any atom is 0.0188 e. The normalized spacial score (nSPS) is 14.9. The molecule has 0 saturated carbocycles. The molecule has 0 aliphatic heterocycles. The van der Waals surface area contributed by atoms with E-state index in [0.717, 1.165) is 12.3 Å². The minimum atomic E-state index is 0.608. The van der Waals surface area contributed by atoms with Crippen LogP contribution >= 0.6 is 15.9 Å². The van der Waals surface area contributed by atoms with Crippen molar-refractivity contribution < 1.29 is 0 Å². The number of halogens is 1. The molecule has 0 fully saturated rings. The van der Waals surface area contributed by atoms with Gasteiger partial charge >= 0.3 is 0 Å². The third-order valence-electron chi connectivity index (χ3n) is 3.35. The van der Waals surface area contributed by atoms with E-state index in [1.54, 1.807) is 0 Å². The van der Waals surface area contributed by atoms with Gasteiger partial charge in [0.05, 0.1) is 0 Å². The molecule has 0 N–H and O–H groups in total. The second-order valence-corrected chi connectivity index (χ2v) is 6.78. The summed E-state index contributed by atoms with van der Waals surface area (Å²) in [5.74, 6) is 1.44. The second kappa shape index (κ2) is 7.20. The van der Waals surface area contributed by atoms with Gasteiger partial charge in [0, 0.05) is 4.83 Å². The molecule has 2 unspecified atom stereocenters. The van der Waals surface area contributed by atoms with Gasteiger partial charge < -0.3 is 0 Å². The smallest absolute Gasteiger partial charge is 0.0188 e. The summed E-state index contributed by atoms with van der Waals surface area (Å²) in [6.45, 7) is 9.09. The largest absolute Gasteiger partial charge is 0.0887 e. The van der Waals surface area contributed by atoms with E-state index in [4.69, 9.17) is 0 Å². The first-order chi connectivity index (χ1) is 8.02. The van der Waals surface area contributed by atoms with Crippen molar-refractivity contribution in [3.05, 3.63) is 35.4 Å². The van der Waals surface area contributed by atoms with Gasteiger partial charge in [-0.25, -0.2) is 0 Å². The maximum atomic E-state index is 3.78. The summed E-state index contributed by atoms with van der Waals surface area (Å²) < 4.78 is 0. The van der Waals surface area contributed by atoms with Gasteiger partial charge in [-0.1, -0.05) is 67.9 Å². The van der Waals surface area contributed by atoms with E-state index in [1.165, 1.54) is 24.0 Å². The van der Waals surface area contributed by atoms with Crippen molar-refractivity contribution in [3.8, 4) is 0 Å². The van der Waals surface area contributed by atoms with Crippen molar-refractivity contribution in [1.82, 2.24) is 0 Å². The Bertz CT molecular complexity index is 313. The number of benzene rings is 1. The fourth-order valence-corrected chi connectivity index (χ4v) is 3.19. The van der Waals surface area contributed by atoms with Gasteiger partial charge in [-0.15, -0.1) is 0 Å². The predicted octanol–water partition coefficient (Wildman–Crippen LogP) is 5.55. The summed E-state index contributed by atoms with van der Waals surface area (Å²) in [5, 5.41) is 0. The first-order valence-corrected chi connectivity index (χ1v) is 7.67. The highest BCUT2D eigenvalue weighted by atomic mass is 79.9. The molecule has 0 spiro atoms. The van der Waals surface area contributed by atoms with Gasteiger partial charge in [0.15, 0.2) is 0 Å². The Morgan fingerprint density at radius 3 is 2.12 bits per heavy atom. The molecule has 0 aliphatic carbocycles. The summed E-state index contributed by atoms with van der Waals surface area (Å²) >= 11 is 3.78. The zero-order valence-electron chi connectivity index (χ0n) is 11.5. The lowest BCUT2D eigenvalue weighted by Gasteiger charge is -2.14. The SMILES string of the molecule is CCC(C)c1ccc(CC(Br)CC(C)C)cc1. The highest BCUT2D eigenvalue weighted by Crippen LogP contribution is 2.21. The van der Waals surface area contributed by atoms with Crippen molar-refractivity contribution in [2.45, 2.75) is 57.7 Å². The van der Waals surface area contributed by atoms with E-state index < -0.39 is 0 Å². The fourth-order valence-electron chi connectivity index (χ4n) is 2.07. The monoisotopic (exact) mass is 296 g/mol. The highest BCUT2D eigenvalue weighted by molar-refractivity contribution is 9.09. The lowest BCUT2D eigenvalue weighted by atomic mass is 9.96. The standard InChI is InChI=1S/C16H25Br/c1-5-13(4)15-8-6-14(7-9-15)11-16(17)10-12(2)3/h6-9,12-13,16H,5,10-11H2,1-4H3. The van der Waals surface area contributed by atoms with Crippen LogP contribution in [0.5, 0.6) is 0 Å². The molecule has 0 bridgehead atoms.